The highest BCUT2D eigenvalue weighted by Crippen LogP contribution is 2.17. The standard InChI is InChI=1S/C15H12N2OS/c18-14(5-4-11-6-9-19-10-11)12-2-1-3-13-15(12)17-8-7-16-13/h1-3,6-10H,4-5H2. The lowest BCUT2D eigenvalue weighted by Gasteiger charge is -2.03. The van der Waals surface area contributed by atoms with E-state index in [0.717, 1.165) is 11.9 Å². The number of nitrogens with zero attached hydrogens (tertiary/aromatic N) is 2. The number of para-hydroxylation sites is 1. The molecule has 0 amide bonds. The molecule has 94 valence electrons. The fourth-order valence-corrected chi connectivity index (χ4v) is 2.75. The Bertz CT molecular complexity index is 702. The molecule has 0 aliphatic rings. The van der Waals surface area contributed by atoms with E-state index in [4.69, 9.17) is 0 Å². The first kappa shape index (κ1) is 12.0. The molecular weight excluding hydrogens is 256 g/mol. The molecule has 3 rings (SSSR count). The zero-order valence-electron chi connectivity index (χ0n) is 10.2. The zero-order chi connectivity index (χ0) is 13.1. The van der Waals surface area contributed by atoms with Gasteiger partial charge in [-0.2, -0.15) is 11.3 Å². The van der Waals surface area contributed by atoms with E-state index in [2.05, 4.69) is 21.4 Å². The molecule has 0 aliphatic carbocycles. The second-order valence-corrected chi connectivity index (χ2v) is 5.06. The van der Waals surface area contributed by atoms with Crippen LogP contribution in [0.2, 0.25) is 0 Å². The number of rotatable bonds is 4. The molecule has 0 unspecified atom stereocenters. The second-order valence-electron chi connectivity index (χ2n) is 4.28. The number of carbonyl (C=O) groups is 1. The number of benzene rings is 1. The molecule has 0 spiro atoms. The van der Waals surface area contributed by atoms with E-state index in [1.165, 1.54) is 5.56 Å². The van der Waals surface area contributed by atoms with E-state index in [1.54, 1.807) is 23.7 Å². The van der Waals surface area contributed by atoms with Gasteiger partial charge in [0.25, 0.3) is 0 Å². The molecule has 3 aromatic rings. The van der Waals surface area contributed by atoms with Gasteiger partial charge in [-0.15, -0.1) is 0 Å². The number of thiophene rings is 1. The van der Waals surface area contributed by atoms with Crippen LogP contribution in [0.1, 0.15) is 22.3 Å². The molecule has 19 heavy (non-hydrogen) atoms. The molecule has 2 aromatic heterocycles. The van der Waals surface area contributed by atoms with Gasteiger partial charge in [0.1, 0.15) is 0 Å². The van der Waals surface area contributed by atoms with Crippen molar-refractivity contribution in [2.45, 2.75) is 12.8 Å². The molecule has 4 heteroatoms. The Kier molecular flexibility index (Phi) is 3.33. The summed E-state index contributed by atoms with van der Waals surface area (Å²) in [5.41, 5.74) is 3.34. The Labute approximate surface area is 115 Å². The van der Waals surface area contributed by atoms with Crippen LogP contribution in [-0.2, 0) is 6.42 Å². The second kappa shape index (κ2) is 5.28. The topological polar surface area (TPSA) is 42.9 Å². The number of fused-ring (bicyclic) bond motifs is 1. The first-order valence-electron chi connectivity index (χ1n) is 6.08. The molecule has 0 saturated carbocycles. The fourth-order valence-electron chi connectivity index (χ4n) is 2.05. The molecule has 0 bridgehead atoms. The number of Topliss-reactive ketones (excluding diaryl/α,β-unsaturated/α-hetero) is 1. The van der Waals surface area contributed by atoms with E-state index in [1.807, 2.05) is 23.6 Å². The van der Waals surface area contributed by atoms with E-state index < -0.39 is 0 Å². The number of hydrogen-bond acceptors (Lipinski definition) is 4. The van der Waals surface area contributed by atoms with Crippen LogP contribution in [0.3, 0.4) is 0 Å². The van der Waals surface area contributed by atoms with Gasteiger partial charge in [-0.3, -0.25) is 14.8 Å². The number of carbonyl (C=O) groups excluding carboxylic acids is 1. The summed E-state index contributed by atoms with van der Waals surface area (Å²) < 4.78 is 0. The van der Waals surface area contributed by atoms with Gasteiger partial charge in [0.2, 0.25) is 0 Å². The summed E-state index contributed by atoms with van der Waals surface area (Å²) in [4.78, 5) is 20.8. The van der Waals surface area contributed by atoms with Gasteiger partial charge < -0.3 is 0 Å². The smallest absolute Gasteiger partial charge is 0.165 e. The molecule has 2 heterocycles. The minimum Gasteiger partial charge on any atom is -0.294 e. The zero-order valence-corrected chi connectivity index (χ0v) is 11.1. The number of aryl methyl sites for hydroxylation is 1. The minimum absolute atomic E-state index is 0.123. The SMILES string of the molecule is O=C(CCc1ccsc1)c1cccc2nccnc12. The van der Waals surface area contributed by atoms with Crippen LogP contribution in [0, 0.1) is 0 Å². The maximum atomic E-state index is 12.3. The lowest BCUT2D eigenvalue weighted by atomic mass is 10.0. The number of aromatic nitrogens is 2. The van der Waals surface area contributed by atoms with Gasteiger partial charge in [0, 0.05) is 24.4 Å². The Hall–Kier alpha value is -2.07. The van der Waals surface area contributed by atoms with Crippen molar-refractivity contribution in [2.24, 2.45) is 0 Å². The summed E-state index contributed by atoms with van der Waals surface area (Å²) in [6, 6.07) is 7.61. The van der Waals surface area contributed by atoms with Crippen molar-refractivity contribution < 1.29 is 4.79 Å². The normalized spacial score (nSPS) is 10.7. The van der Waals surface area contributed by atoms with Crippen LogP contribution in [0.5, 0.6) is 0 Å². The van der Waals surface area contributed by atoms with Gasteiger partial charge in [-0.05, 0) is 40.9 Å². The lowest BCUT2D eigenvalue weighted by Crippen LogP contribution is -2.03. The third kappa shape index (κ3) is 2.53. The highest BCUT2D eigenvalue weighted by Gasteiger charge is 2.11. The minimum atomic E-state index is 0.123. The first-order valence-corrected chi connectivity index (χ1v) is 7.03. The third-order valence-electron chi connectivity index (χ3n) is 3.02. The van der Waals surface area contributed by atoms with E-state index in [-0.39, 0.29) is 5.78 Å². The van der Waals surface area contributed by atoms with Gasteiger partial charge in [0.15, 0.2) is 5.78 Å². The average molecular weight is 268 g/mol. The Morgan fingerprint density at radius 1 is 1.16 bits per heavy atom. The van der Waals surface area contributed by atoms with Crippen molar-refractivity contribution in [1.29, 1.82) is 0 Å². The molecule has 3 nitrogen and oxygen atoms in total. The molecule has 0 fully saturated rings. The van der Waals surface area contributed by atoms with Crippen LogP contribution in [-0.4, -0.2) is 15.8 Å². The quantitative estimate of drug-likeness (QED) is 0.680. The summed E-state index contributed by atoms with van der Waals surface area (Å²) in [5.74, 6) is 0.123. The van der Waals surface area contributed by atoms with Crippen molar-refractivity contribution in [1.82, 2.24) is 9.97 Å². The average Bonchev–Trinajstić information content (AvgIpc) is 2.97. The van der Waals surface area contributed by atoms with E-state index >= 15 is 0 Å². The summed E-state index contributed by atoms with van der Waals surface area (Å²) >= 11 is 1.66. The van der Waals surface area contributed by atoms with Crippen molar-refractivity contribution in [2.75, 3.05) is 0 Å². The Balaban J connectivity index is 1.85. The highest BCUT2D eigenvalue weighted by molar-refractivity contribution is 7.07. The van der Waals surface area contributed by atoms with Gasteiger partial charge in [-0.1, -0.05) is 6.07 Å². The first-order chi connectivity index (χ1) is 9.34. The largest absolute Gasteiger partial charge is 0.294 e. The van der Waals surface area contributed by atoms with E-state index in [0.29, 0.717) is 17.5 Å². The Morgan fingerprint density at radius 2 is 2.05 bits per heavy atom. The predicted molar refractivity (Wildman–Crippen MR) is 76.5 cm³/mol. The number of hydrogen-bond donors (Lipinski definition) is 0. The monoisotopic (exact) mass is 268 g/mol. The lowest BCUT2D eigenvalue weighted by molar-refractivity contribution is 0.0984. The van der Waals surface area contributed by atoms with Crippen LogP contribution in [0.4, 0.5) is 0 Å². The Morgan fingerprint density at radius 3 is 2.89 bits per heavy atom. The van der Waals surface area contributed by atoms with Gasteiger partial charge in [-0.25, -0.2) is 0 Å². The molecule has 0 aliphatic heterocycles. The van der Waals surface area contributed by atoms with Crippen LogP contribution in [0.25, 0.3) is 11.0 Å². The van der Waals surface area contributed by atoms with Crippen molar-refractivity contribution in [3.63, 3.8) is 0 Å². The van der Waals surface area contributed by atoms with Crippen molar-refractivity contribution >= 4 is 28.2 Å². The summed E-state index contributed by atoms with van der Waals surface area (Å²) in [6.45, 7) is 0. The van der Waals surface area contributed by atoms with Crippen molar-refractivity contribution in [3.8, 4) is 0 Å². The molecule has 1 aromatic carbocycles. The summed E-state index contributed by atoms with van der Waals surface area (Å²) in [7, 11) is 0. The molecular formula is C15H12N2OS. The molecule has 0 atom stereocenters. The predicted octanol–water partition coefficient (Wildman–Crippen LogP) is 3.51. The molecule has 0 radical (unpaired) electrons. The maximum absolute atomic E-state index is 12.3. The van der Waals surface area contributed by atoms with Crippen LogP contribution < -0.4 is 0 Å². The van der Waals surface area contributed by atoms with Gasteiger partial charge >= 0.3 is 0 Å². The number of ketones is 1. The summed E-state index contributed by atoms with van der Waals surface area (Å²) in [5, 5.41) is 4.11. The van der Waals surface area contributed by atoms with Crippen LogP contribution >= 0.6 is 11.3 Å². The van der Waals surface area contributed by atoms with Crippen molar-refractivity contribution in [3.05, 3.63) is 58.5 Å². The fraction of sp³-hybridized carbons (Fsp3) is 0.133. The molecule has 0 saturated heterocycles. The van der Waals surface area contributed by atoms with E-state index in [9.17, 15) is 4.79 Å². The maximum Gasteiger partial charge on any atom is 0.165 e. The highest BCUT2D eigenvalue weighted by atomic mass is 32.1. The summed E-state index contributed by atoms with van der Waals surface area (Å²) in [6.07, 6.45) is 4.55. The van der Waals surface area contributed by atoms with Crippen LogP contribution in [0.15, 0.2) is 47.4 Å². The van der Waals surface area contributed by atoms with Gasteiger partial charge in [0.05, 0.1) is 11.0 Å². The third-order valence-corrected chi connectivity index (χ3v) is 3.75. The molecule has 0 N–H and O–H groups in total.